The lowest BCUT2D eigenvalue weighted by atomic mass is 9.66. The molecule has 3 aliphatic heterocycles. The number of piperidine rings is 1. The summed E-state index contributed by atoms with van der Waals surface area (Å²) >= 11 is 6.06. The number of aromatic nitrogens is 1. The summed E-state index contributed by atoms with van der Waals surface area (Å²) in [5.41, 5.74) is 4.58. The molecule has 25 heavy (non-hydrogen) atoms. The number of nitrogens with zero attached hydrogens (tertiary/aromatic N) is 2. The van der Waals surface area contributed by atoms with Crippen LogP contribution in [0.5, 0.6) is 0 Å². The first-order valence-corrected chi connectivity index (χ1v) is 9.33. The van der Waals surface area contributed by atoms with Crippen LogP contribution >= 0.6 is 24.0 Å². The largest absolute Gasteiger partial charge is 0.308 e. The van der Waals surface area contributed by atoms with E-state index in [-0.39, 0.29) is 23.1 Å². The third-order valence-electron chi connectivity index (χ3n) is 6.45. The molecule has 2 atom stereocenters. The molecule has 5 rings (SSSR count). The molecule has 4 heterocycles. The number of para-hydroxylation sites is 1. The molecule has 0 saturated carbocycles. The second-order valence-corrected chi connectivity index (χ2v) is 7.74. The van der Waals surface area contributed by atoms with Gasteiger partial charge < -0.3 is 4.57 Å². The van der Waals surface area contributed by atoms with Crippen molar-refractivity contribution in [2.75, 3.05) is 13.1 Å². The molecule has 3 nitrogen and oxygen atoms in total. The number of halogens is 2. The lowest BCUT2D eigenvalue weighted by Gasteiger charge is -2.53. The van der Waals surface area contributed by atoms with E-state index in [9.17, 15) is 4.79 Å². The smallest absolute Gasteiger partial charge is 0.268 e. The molecule has 1 saturated heterocycles. The van der Waals surface area contributed by atoms with Crippen molar-refractivity contribution in [3.63, 3.8) is 0 Å². The van der Waals surface area contributed by atoms with E-state index in [1.807, 2.05) is 6.07 Å². The molecule has 1 fully saturated rings. The summed E-state index contributed by atoms with van der Waals surface area (Å²) in [5, 5.41) is 0.945. The fourth-order valence-corrected chi connectivity index (χ4v) is 5.56. The Labute approximate surface area is 159 Å². The predicted octanol–water partition coefficient (Wildman–Crippen LogP) is 4.77. The molecule has 0 bridgehead atoms. The van der Waals surface area contributed by atoms with Gasteiger partial charge in [-0.05, 0) is 61.5 Å². The Morgan fingerprint density at radius 2 is 2.12 bits per heavy atom. The highest BCUT2D eigenvalue weighted by Crippen LogP contribution is 2.57. The molecular weight excluding hydrogens is 355 g/mol. The normalized spacial score (nSPS) is 27.4. The maximum absolute atomic E-state index is 12.3. The second-order valence-electron chi connectivity index (χ2n) is 7.40. The summed E-state index contributed by atoms with van der Waals surface area (Å²) in [6, 6.07) is 8.84. The Balaban J connectivity index is 0.00000157. The van der Waals surface area contributed by atoms with Gasteiger partial charge in [0.1, 0.15) is 5.70 Å². The van der Waals surface area contributed by atoms with E-state index in [1.54, 1.807) is 0 Å². The Morgan fingerprint density at radius 1 is 1.32 bits per heavy atom. The highest BCUT2D eigenvalue weighted by Gasteiger charge is 2.50. The van der Waals surface area contributed by atoms with Gasteiger partial charge in [-0.15, -0.1) is 12.4 Å². The quantitative estimate of drug-likeness (QED) is 0.705. The highest BCUT2D eigenvalue weighted by molar-refractivity contribution is 6.73. The van der Waals surface area contributed by atoms with E-state index >= 15 is 0 Å². The second kappa shape index (κ2) is 5.87. The van der Waals surface area contributed by atoms with Gasteiger partial charge in [-0.2, -0.15) is 0 Å². The molecule has 2 aromatic rings. The number of allylic oxidation sites excluding steroid dienone is 1. The van der Waals surface area contributed by atoms with Crippen LogP contribution in [0.4, 0.5) is 0 Å². The van der Waals surface area contributed by atoms with E-state index in [1.165, 1.54) is 23.1 Å². The molecule has 1 aromatic heterocycles. The Morgan fingerprint density at radius 3 is 2.88 bits per heavy atom. The van der Waals surface area contributed by atoms with Crippen LogP contribution < -0.4 is 0 Å². The highest BCUT2D eigenvalue weighted by atomic mass is 35.5. The van der Waals surface area contributed by atoms with E-state index in [2.05, 4.69) is 40.7 Å². The van der Waals surface area contributed by atoms with E-state index in [0.717, 1.165) is 37.9 Å². The lowest BCUT2D eigenvalue weighted by Crippen LogP contribution is -2.50. The summed E-state index contributed by atoms with van der Waals surface area (Å²) in [4.78, 5) is 14.9. The molecule has 0 N–H and O–H groups in total. The van der Waals surface area contributed by atoms with Crippen molar-refractivity contribution in [3.05, 3.63) is 41.6 Å². The minimum atomic E-state index is -0.340. The summed E-state index contributed by atoms with van der Waals surface area (Å²) in [7, 11) is 0. The number of hydrogen-bond acceptors (Lipinski definition) is 2. The van der Waals surface area contributed by atoms with E-state index < -0.39 is 0 Å². The number of rotatable bonds is 2. The molecule has 0 aliphatic carbocycles. The summed E-state index contributed by atoms with van der Waals surface area (Å²) in [6.45, 7) is 4.53. The third-order valence-corrected chi connectivity index (χ3v) is 6.64. The lowest BCUT2D eigenvalue weighted by molar-refractivity contribution is -0.107. The first-order valence-electron chi connectivity index (χ1n) is 8.95. The van der Waals surface area contributed by atoms with Gasteiger partial charge in [0.25, 0.3) is 5.24 Å². The van der Waals surface area contributed by atoms with Crippen molar-refractivity contribution in [1.29, 1.82) is 0 Å². The minimum Gasteiger partial charge on any atom is -0.308 e. The molecule has 1 aromatic carbocycles. The monoisotopic (exact) mass is 376 g/mol. The third kappa shape index (κ3) is 2.12. The van der Waals surface area contributed by atoms with Gasteiger partial charge in [0.15, 0.2) is 0 Å². The molecule has 0 radical (unpaired) electrons. The summed E-state index contributed by atoms with van der Waals surface area (Å²) in [6.07, 6.45) is 6.64. The van der Waals surface area contributed by atoms with Gasteiger partial charge in [-0.1, -0.05) is 25.1 Å². The minimum absolute atomic E-state index is 0. The molecule has 132 valence electrons. The maximum Gasteiger partial charge on any atom is 0.268 e. The SMILES string of the molecule is CC[C@@]12C=C(C(=O)Cl)n3c4c(c5ccccc53)CCN(CCC1)[C@H]42.Cl. The first-order chi connectivity index (χ1) is 11.7. The van der Waals surface area contributed by atoms with Gasteiger partial charge in [-0.3, -0.25) is 9.69 Å². The zero-order valence-electron chi connectivity index (χ0n) is 14.3. The van der Waals surface area contributed by atoms with Crippen molar-refractivity contribution in [3.8, 4) is 0 Å². The summed E-state index contributed by atoms with van der Waals surface area (Å²) < 4.78 is 2.16. The van der Waals surface area contributed by atoms with Crippen LogP contribution in [-0.2, 0) is 11.2 Å². The van der Waals surface area contributed by atoms with Crippen molar-refractivity contribution < 1.29 is 4.79 Å². The number of fused-ring (bicyclic) bond motifs is 3. The average Bonchev–Trinajstić information content (AvgIpc) is 2.95. The van der Waals surface area contributed by atoms with Crippen molar-refractivity contribution >= 4 is 45.9 Å². The molecule has 3 aliphatic rings. The van der Waals surface area contributed by atoms with Gasteiger partial charge >= 0.3 is 0 Å². The van der Waals surface area contributed by atoms with Crippen LogP contribution in [0.1, 0.15) is 43.5 Å². The van der Waals surface area contributed by atoms with Crippen molar-refractivity contribution in [2.24, 2.45) is 5.41 Å². The molecule has 0 amide bonds. The van der Waals surface area contributed by atoms with Gasteiger partial charge in [0, 0.05) is 23.0 Å². The maximum atomic E-state index is 12.3. The predicted molar refractivity (Wildman–Crippen MR) is 104 cm³/mol. The zero-order chi connectivity index (χ0) is 16.5. The van der Waals surface area contributed by atoms with E-state index in [0.29, 0.717) is 11.7 Å². The molecule has 0 unspecified atom stereocenters. The van der Waals surface area contributed by atoms with Crippen LogP contribution in [0.25, 0.3) is 16.6 Å². The fraction of sp³-hybridized carbons (Fsp3) is 0.450. The van der Waals surface area contributed by atoms with Gasteiger partial charge in [0.05, 0.1) is 11.6 Å². The molecule has 0 spiro atoms. The van der Waals surface area contributed by atoms with E-state index in [4.69, 9.17) is 11.6 Å². The molecular formula is C20H22Cl2N2O. The van der Waals surface area contributed by atoms with Crippen LogP contribution in [0, 0.1) is 5.41 Å². The average molecular weight is 377 g/mol. The van der Waals surface area contributed by atoms with Crippen LogP contribution in [0.15, 0.2) is 30.3 Å². The number of carbonyl (C=O) groups excluding carboxylic acids is 1. The first kappa shape index (κ1) is 17.1. The number of hydrogen-bond donors (Lipinski definition) is 0. The summed E-state index contributed by atoms with van der Waals surface area (Å²) in [5.74, 6) is 0. The van der Waals surface area contributed by atoms with Gasteiger partial charge in [0.2, 0.25) is 0 Å². The van der Waals surface area contributed by atoms with Crippen molar-refractivity contribution in [2.45, 2.75) is 38.6 Å². The van der Waals surface area contributed by atoms with Crippen LogP contribution in [-0.4, -0.2) is 27.8 Å². The zero-order valence-corrected chi connectivity index (χ0v) is 15.9. The molecule has 5 heteroatoms. The standard InChI is InChI=1S/C20H21ClN2O.ClH/c1-2-20-9-5-10-22-11-8-14-13-6-3-4-7-15(13)23(17(14)18(20)22)16(12-20)19(21)24;/h3-4,6-7,12,18H,2,5,8-11H2,1H3;1H/t18-,20+;/m1./s1. The number of benzene rings is 1. The topological polar surface area (TPSA) is 25.2 Å². The van der Waals surface area contributed by atoms with Gasteiger partial charge in [-0.25, -0.2) is 0 Å². The van der Waals surface area contributed by atoms with Crippen LogP contribution in [0.3, 0.4) is 0 Å². The Kier molecular flexibility index (Phi) is 4.02. The Bertz CT molecular complexity index is 900. The van der Waals surface area contributed by atoms with Crippen LogP contribution in [0.2, 0.25) is 0 Å². The van der Waals surface area contributed by atoms with Crippen molar-refractivity contribution in [1.82, 2.24) is 9.47 Å². The fourth-order valence-electron chi connectivity index (χ4n) is 5.42. The number of carbonyl (C=O) groups is 1. The Hall–Kier alpha value is -1.29.